The molecule has 7 atom stereocenters. The van der Waals surface area contributed by atoms with Gasteiger partial charge in [0.2, 0.25) is 59.1 Å². The number of nitrogens with two attached hydrogens (primary N) is 2. The molecule has 0 spiro atoms. The third-order valence-electron chi connectivity index (χ3n) is 17.1. The van der Waals surface area contributed by atoms with Gasteiger partial charge in [-0.2, -0.15) is 11.8 Å². The van der Waals surface area contributed by atoms with Crippen LogP contribution in [0.15, 0.2) is 61.2 Å². The quantitative estimate of drug-likeness (QED) is 0.0153. The number of rotatable bonds is 41. The molecule has 1 aliphatic rings. The number of carbonyl (C=O) groups excluding carboxylic acids is 11. The van der Waals surface area contributed by atoms with E-state index in [0.717, 1.165) is 6.07 Å². The molecule has 38 nitrogen and oxygen atoms in total. The maximum atomic E-state index is 14.5. The summed E-state index contributed by atoms with van der Waals surface area (Å²) in [4.78, 5) is 213. The molecule has 0 saturated carbocycles. The number of carboxylic acids is 3. The molecule has 0 aliphatic carbocycles. The van der Waals surface area contributed by atoms with Gasteiger partial charge in [0.15, 0.2) is 0 Å². The number of carbonyl (C=O) groups is 14. The average molecular weight is 1500 g/mol. The Hall–Kier alpha value is -10.6. The Labute approximate surface area is 614 Å². The number of nitro benzene ring substituents is 1. The van der Waals surface area contributed by atoms with E-state index in [2.05, 4.69) is 62.8 Å². The SMILES string of the molecule is CSCC[C@H](NC(=O)[C@H](CC(C)C)NC(=O)[C@H](Cc1cnc[nH]1)NC(=O)CNC(=O)[C@@H](NC(=O)[C@H](C)NC(=O)[C@H](Cc1c[nH]c2ccccc12)NC(=O)[C@H](CCC(N)=O)NC(=O)c1ccc(CNC(=O)CN2CCN(CC(=O)O)CCN(CC(=O)O)CCN(CC(=O)O)CC2)c([N+](=O)[O-])c1)C(C)C)C(N)=O. The van der Waals surface area contributed by atoms with E-state index in [1.165, 1.54) is 43.3 Å². The number of H-pyrrole nitrogens is 2. The average Bonchev–Trinajstić information content (AvgIpc) is 1.57. The fraction of sp³-hybridized carbons (Fsp3) is 0.537. The lowest BCUT2D eigenvalue weighted by molar-refractivity contribution is -0.385. The number of amides is 11. The summed E-state index contributed by atoms with van der Waals surface area (Å²) in [5.41, 5.74) is 11.6. The summed E-state index contributed by atoms with van der Waals surface area (Å²) in [5.74, 6) is -13.0. The van der Waals surface area contributed by atoms with E-state index in [-0.39, 0.29) is 108 Å². The molecule has 39 heteroatoms. The second-order valence-corrected chi connectivity index (χ2v) is 27.3. The highest BCUT2D eigenvalue weighted by Gasteiger charge is 2.35. The topological polar surface area (TPSA) is 561 Å². The number of para-hydroxylation sites is 1. The third-order valence-corrected chi connectivity index (χ3v) is 17.7. The van der Waals surface area contributed by atoms with Gasteiger partial charge in [-0.1, -0.05) is 45.9 Å². The number of imidazole rings is 1. The van der Waals surface area contributed by atoms with Gasteiger partial charge in [-0.25, -0.2) is 4.98 Å². The Morgan fingerprint density at radius 2 is 1.14 bits per heavy atom. The van der Waals surface area contributed by atoms with Gasteiger partial charge >= 0.3 is 17.9 Å². The Morgan fingerprint density at radius 3 is 1.68 bits per heavy atom. The summed E-state index contributed by atoms with van der Waals surface area (Å²) in [6.07, 6.45) is 5.26. The molecule has 1 saturated heterocycles. The van der Waals surface area contributed by atoms with Gasteiger partial charge in [0.05, 0.1) is 44.0 Å². The van der Waals surface area contributed by atoms with Crippen LogP contribution >= 0.6 is 11.8 Å². The Kier molecular flexibility index (Phi) is 34.9. The Balaban J connectivity index is 1.28. The number of nitrogens with one attached hydrogen (secondary N) is 11. The van der Waals surface area contributed by atoms with Gasteiger partial charge in [-0.15, -0.1) is 0 Å². The van der Waals surface area contributed by atoms with E-state index in [9.17, 15) is 92.6 Å². The van der Waals surface area contributed by atoms with Crippen molar-refractivity contribution < 1.29 is 87.4 Å². The number of hydrogen-bond donors (Lipinski definition) is 16. The minimum atomic E-state index is -1.65. The van der Waals surface area contributed by atoms with Crippen molar-refractivity contribution in [2.45, 2.75) is 122 Å². The second kappa shape index (κ2) is 43.0. The highest BCUT2D eigenvalue weighted by Crippen LogP contribution is 2.23. The van der Waals surface area contributed by atoms with Crippen LogP contribution < -0.4 is 59.3 Å². The molecule has 106 heavy (non-hydrogen) atoms. The number of aromatic nitrogens is 3. The van der Waals surface area contributed by atoms with E-state index >= 15 is 0 Å². The summed E-state index contributed by atoms with van der Waals surface area (Å²) in [7, 11) is 0. The van der Waals surface area contributed by atoms with Crippen LogP contribution in [0.4, 0.5) is 5.69 Å². The molecule has 1 aliphatic heterocycles. The molecule has 0 unspecified atom stereocenters. The number of carboxylic acid groups (broad SMARTS) is 3. The monoisotopic (exact) mass is 1500 g/mol. The molecule has 2 aromatic carbocycles. The number of hydrogen-bond acceptors (Lipinski definition) is 22. The highest BCUT2D eigenvalue weighted by atomic mass is 32.2. The number of nitro groups is 1. The van der Waals surface area contributed by atoms with Gasteiger partial charge in [-0.3, -0.25) is 96.8 Å². The van der Waals surface area contributed by atoms with Crippen molar-refractivity contribution in [2.24, 2.45) is 23.3 Å². The number of aliphatic carboxylic acids is 3. The smallest absolute Gasteiger partial charge is 0.317 e. The predicted molar refractivity (Wildman–Crippen MR) is 384 cm³/mol. The molecule has 18 N–H and O–H groups in total. The fourth-order valence-corrected chi connectivity index (χ4v) is 11.8. The van der Waals surface area contributed by atoms with Gasteiger partial charge in [0.1, 0.15) is 42.3 Å². The first-order chi connectivity index (χ1) is 50.2. The molecule has 5 rings (SSSR count). The van der Waals surface area contributed by atoms with Crippen LogP contribution in [-0.4, -0.2) is 277 Å². The normalized spacial score (nSPS) is 15.5. The van der Waals surface area contributed by atoms with Crippen molar-refractivity contribution in [1.82, 2.24) is 82.4 Å². The largest absolute Gasteiger partial charge is 0.480 e. The van der Waals surface area contributed by atoms with Gasteiger partial charge in [0, 0.05) is 124 Å². The minimum absolute atomic E-state index is 0.0659. The molecule has 2 aromatic heterocycles. The van der Waals surface area contributed by atoms with Crippen molar-refractivity contribution in [3.05, 3.63) is 93.7 Å². The molecular formula is C67H97N19O19S. The van der Waals surface area contributed by atoms with Crippen molar-refractivity contribution in [2.75, 3.05) is 97.1 Å². The predicted octanol–water partition coefficient (Wildman–Crippen LogP) is -3.27. The van der Waals surface area contributed by atoms with E-state index in [1.807, 2.05) is 20.1 Å². The maximum absolute atomic E-state index is 14.5. The van der Waals surface area contributed by atoms with Crippen LogP contribution in [-0.2, 0) is 81.7 Å². The lowest BCUT2D eigenvalue weighted by atomic mass is 10.0. The van der Waals surface area contributed by atoms with Crippen LogP contribution in [0.1, 0.15) is 87.5 Å². The van der Waals surface area contributed by atoms with Crippen molar-refractivity contribution in [1.29, 1.82) is 0 Å². The molecule has 0 bridgehead atoms. The summed E-state index contributed by atoms with van der Waals surface area (Å²) in [6.45, 7) is 6.47. The molecule has 580 valence electrons. The number of primary amides is 2. The first-order valence-corrected chi connectivity index (χ1v) is 35.7. The summed E-state index contributed by atoms with van der Waals surface area (Å²) in [5, 5.41) is 65.1. The molecule has 3 heterocycles. The standard InChI is InChI=1S/C67H97N19O19S/c1-38(2)25-49(65(101)77-47(60(69)96)15-24-106-6)79-66(102)51(28-44-31-70-37-74-44)76-54(88)32-73-67(103)59(39(3)4)81-61(97)40(5)75-64(100)50(26-43-30-71-46-10-8-7-9-45(43)46)80-63(99)48(13-14-53(68)87)78-62(98)41-11-12-42(52(27-41)86(104)105)29-72-55(89)33-82-16-18-83(34-56(90)91)20-22-85(36-58(94)95)23-21-84(19-17-82)35-57(92)93/h7-12,27,30-31,37-40,47-51,59,71H,13-26,28-29,32-36H2,1-6H3,(H2,68,87)(H2,69,96)(H,70,74)(H,72,89)(H,73,103)(H,75,100)(H,76,88)(H,77,101)(H,78,98)(H,79,102)(H,80,99)(H,81,97)(H,90,91)(H,92,93)(H,94,95)/t40-,47-,48-,49-,50-,51-,59-/m0/s1. The van der Waals surface area contributed by atoms with Crippen molar-refractivity contribution >= 4 is 111 Å². The van der Waals surface area contributed by atoms with E-state index in [0.29, 0.717) is 27.9 Å². The van der Waals surface area contributed by atoms with Crippen molar-refractivity contribution in [3.8, 4) is 0 Å². The van der Waals surface area contributed by atoms with Gasteiger partial charge in [0.25, 0.3) is 11.6 Å². The van der Waals surface area contributed by atoms with Crippen LogP contribution in [0.25, 0.3) is 10.9 Å². The molecule has 11 amide bonds. The first kappa shape index (κ1) is 86.0. The van der Waals surface area contributed by atoms with E-state index in [4.69, 9.17) is 11.5 Å². The lowest BCUT2D eigenvalue weighted by Crippen LogP contribution is -2.59. The molecular weight excluding hydrogens is 1410 g/mol. The third kappa shape index (κ3) is 29.5. The summed E-state index contributed by atoms with van der Waals surface area (Å²) in [6, 6.07) is 0.793. The summed E-state index contributed by atoms with van der Waals surface area (Å²) < 4.78 is 0. The number of fused-ring (bicyclic) bond motifs is 1. The fourth-order valence-electron chi connectivity index (χ4n) is 11.4. The van der Waals surface area contributed by atoms with Crippen molar-refractivity contribution in [3.63, 3.8) is 0 Å². The molecule has 0 radical (unpaired) electrons. The summed E-state index contributed by atoms with van der Waals surface area (Å²) >= 11 is 1.44. The van der Waals surface area contributed by atoms with Crippen LogP contribution in [0.2, 0.25) is 0 Å². The first-order valence-electron chi connectivity index (χ1n) is 34.3. The number of nitrogens with zero attached hydrogens (tertiary/aromatic N) is 6. The lowest BCUT2D eigenvalue weighted by Gasteiger charge is -2.32. The van der Waals surface area contributed by atoms with Crippen LogP contribution in [0.3, 0.4) is 0 Å². The van der Waals surface area contributed by atoms with E-state index in [1.54, 1.807) is 63.9 Å². The zero-order valence-electron chi connectivity index (χ0n) is 59.9. The second-order valence-electron chi connectivity index (χ2n) is 26.3. The van der Waals surface area contributed by atoms with Gasteiger partial charge < -0.3 is 84.6 Å². The zero-order valence-corrected chi connectivity index (χ0v) is 60.8. The number of aromatic amines is 2. The number of thioether (sulfide) groups is 1. The van der Waals surface area contributed by atoms with Crippen LogP contribution in [0.5, 0.6) is 0 Å². The zero-order chi connectivity index (χ0) is 78.3. The maximum Gasteiger partial charge on any atom is 0.317 e. The molecule has 1 fully saturated rings. The Morgan fingerprint density at radius 1 is 0.594 bits per heavy atom. The minimum Gasteiger partial charge on any atom is -0.480 e. The van der Waals surface area contributed by atoms with Crippen LogP contribution in [0, 0.1) is 22.0 Å². The van der Waals surface area contributed by atoms with E-state index < -0.39 is 181 Å². The Bertz CT molecular complexity index is 3710. The number of benzene rings is 2. The highest BCUT2D eigenvalue weighted by molar-refractivity contribution is 7.98. The van der Waals surface area contributed by atoms with Gasteiger partial charge in [-0.05, 0) is 73.8 Å². The molecule has 4 aromatic rings.